The fourth-order valence-electron chi connectivity index (χ4n) is 0.0775. The molecule has 0 unspecified atom stereocenters. The monoisotopic (exact) mass is 666 g/mol. The summed E-state index contributed by atoms with van der Waals surface area (Å²) in [4.78, 5) is 0. The molecule has 9 heavy (non-hydrogen) atoms. The van der Waals surface area contributed by atoms with Crippen LogP contribution in [-0.4, -0.2) is 25.1 Å². The Morgan fingerprint density at radius 3 is 1.44 bits per heavy atom. The van der Waals surface area contributed by atoms with Gasteiger partial charge in [0.1, 0.15) is 0 Å². The molecule has 0 saturated heterocycles. The second kappa shape index (κ2) is 6.25. The summed E-state index contributed by atoms with van der Waals surface area (Å²) in [6.45, 7) is 0. The molecule has 0 rings (SSSR count). The first kappa shape index (κ1) is 10.5. The van der Waals surface area contributed by atoms with Gasteiger partial charge in [-0.15, -0.1) is 0 Å². The molecule has 0 atom stereocenters. The molecular formula is O6PbTa2. The first-order valence-electron chi connectivity index (χ1n) is 1.50. The third-order valence-corrected chi connectivity index (χ3v) is 16.1. The molecule has 0 aliphatic carbocycles. The van der Waals surface area contributed by atoms with Gasteiger partial charge in [-0.2, -0.15) is 0 Å². The maximum absolute atomic E-state index is 9.72. The Hall–Kier alpha value is 1.52. The Kier molecular flexibility index (Phi) is 7.30. The van der Waals surface area contributed by atoms with Crippen LogP contribution in [0.1, 0.15) is 0 Å². The van der Waals surface area contributed by atoms with Crippen LogP contribution in [0.15, 0.2) is 0 Å². The Bertz CT molecular complexity index is 161. The second-order valence-corrected chi connectivity index (χ2v) is 17.5. The quantitative estimate of drug-likeness (QED) is 0.359. The minimum atomic E-state index is -4.04. The van der Waals surface area contributed by atoms with E-state index in [0.29, 0.717) is 0 Å². The molecule has 0 heterocycles. The van der Waals surface area contributed by atoms with Crippen LogP contribution in [0, 0.1) is 0 Å². The Labute approximate surface area is 77.0 Å². The molecule has 0 N–H and O–H groups in total. The molecule has 50 valence electrons. The molecule has 0 aliphatic heterocycles. The van der Waals surface area contributed by atoms with Crippen LogP contribution < -0.4 is 0 Å². The molecule has 0 aromatic rings. The van der Waals surface area contributed by atoms with Gasteiger partial charge in [-0.3, -0.25) is 0 Å². The van der Waals surface area contributed by atoms with Crippen molar-refractivity contribution < 1.29 is 53.0 Å². The normalized spacial score (nSPS) is 8.89. The van der Waals surface area contributed by atoms with E-state index >= 15 is 0 Å². The van der Waals surface area contributed by atoms with Gasteiger partial charge in [0.25, 0.3) is 0 Å². The van der Waals surface area contributed by atoms with E-state index < -0.39 is 62.7 Å². The van der Waals surface area contributed by atoms with E-state index in [1.807, 2.05) is 0 Å². The van der Waals surface area contributed by atoms with Crippen molar-refractivity contribution in [3.05, 3.63) is 0 Å². The Morgan fingerprint density at radius 1 is 0.889 bits per heavy atom. The number of rotatable bonds is 4. The molecule has 9 heteroatoms. The molecule has 0 aromatic carbocycles. The van der Waals surface area contributed by atoms with Crippen molar-refractivity contribution in [2.24, 2.45) is 0 Å². The molecule has 0 amide bonds. The van der Waals surface area contributed by atoms with E-state index in [-0.39, 0.29) is 0 Å². The molecule has 0 aromatic heterocycles. The van der Waals surface area contributed by atoms with Crippen LogP contribution >= 0.6 is 0 Å². The third kappa shape index (κ3) is 9.52. The van der Waals surface area contributed by atoms with Crippen molar-refractivity contribution in [1.82, 2.24) is 0 Å². The molecule has 0 aliphatic rings. The van der Waals surface area contributed by atoms with Crippen LogP contribution in [0.25, 0.3) is 0 Å². The summed E-state index contributed by atoms with van der Waals surface area (Å²) in [5.74, 6) is 0. The zero-order chi connectivity index (χ0) is 7.28. The molecule has 2 radical (unpaired) electrons. The van der Waals surface area contributed by atoms with Gasteiger partial charge in [-0.05, 0) is 0 Å². The van der Waals surface area contributed by atoms with Crippen molar-refractivity contribution >= 4 is 25.1 Å². The van der Waals surface area contributed by atoms with Crippen molar-refractivity contribution in [2.75, 3.05) is 0 Å². The average molecular weight is 665 g/mol. The summed E-state index contributed by atoms with van der Waals surface area (Å²) in [6.07, 6.45) is 0. The van der Waals surface area contributed by atoms with Gasteiger partial charge in [-0.1, -0.05) is 0 Å². The van der Waals surface area contributed by atoms with Crippen molar-refractivity contribution in [3.8, 4) is 0 Å². The van der Waals surface area contributed by atoms with E-state index in [1.54, 1.807) is 0 Å². The molecule has 0 spiro atoms. The maximum atomic E-state index is 9.72. The third-order valence-electron chi connectivity index (χ3n) is 0.224. The summed E-state index contributed by atoms with van der Waals surface area (Å²) in [5.41, 5.74) is 0. The summed E-state index contributed by atoms with van der Waals surface area (Å²) in [6, 6.07) is 0. The predicted octanol–water partition coefficient (Wildman–Crippen LogP) is -0.998. The zero-order valence-electron chi connectivity index (χ0n) is 3.84. The van der Waals surface area contributed by atoms with Gasteiger partial charge in [0.15, 0.2) is 0 Å². The first-order valence-corrected chi connectivity index (χ1v) is 12.5. The predicted molar refractivity (Wildman–Crippen MR) is 10.7 cm³/mol. The van der Waals surface area contributed by atoms with Crippen LogP contribution in [-0.2, 0) is 53.0 Å². The van der Waals surface area contributed by atoms with E-state index in [4.69, 9.17) is 0 Å². The minimum absolute atomic E-state index is 2.19. The Morgan fingerprint density at radius 2 is 1.22 bits per heavy atom. The van der Waals surface area contributed by atoms with Gasteiger partial charge in [0.05, 0.1) is 0 Å². The average Bonchev–Trinajstić information content (AvgIpc) is 1.63. The van der Waals surface area contributed by atoms with Crippen LogP contribution in [0.4, 0.5) is 0 Å². The van der Waals surface area contributed by atoms with Crippen LogP contribution in [0.2, 0.25) is 0 Å². The SMILES string of the molecule is [O]=[Ta](=[O])[O][Pb][O][Ta](=[O])=[O]. The van der Waals surface area contributed by atoms with Gasteiger partial charge < -0.3 is 0 Å². The first-order chi connectivity index (χ1) is 4.13. The topological polar surface area (TPSA) is 86.7 Å². The second-order valence-electron chi connectivity index (χ2n) is 0.713. The number of hydrogen-bond donors (Lipinski definition) is 0. The molecule has 0 bridgehead atoms. The van der Waals surface area contributed by atoms with Crippen LogP contribution in [0.3, 0.4) is 0 Å². The summed E-state index contributed by atoms with van der Waals surface area (Å²) >= 11 is -10.3. The number of hydrogen-bond acceptors (Lipinski definition) is 6. The van der Waals surface area contributed by atoms with Crippen LogP contribution in [0.5, 0.6) is 0 Å². The van der Waals surface area contributed by atoms with Crippen molar-refractivity contribution in [2.45, 2.75) is 0 Å². The molecule has 0 fully saturated rings. The van der Waals surface area contributed by atoms with Crippen molar-refractivity contribution in [3.63, 3.8) is 0 Å². The van der Waals surface area contributed by atoms with E-state index in [2.05, 4.69) is 2.39 Å². The van der Waals surface area contributed by atoms with E-state index in [9.17, 15) is 13.0 Å². The molecule has 0 saturated carbocycles. The molecular weight excluding hydrogens is 665 g/mol. The molecule has 6 nitrogen and oxygen atoms in total. The zero-order valence-corrected chi connectivity index (χ0v) is 14.2. The van der Waals surface area contributed by atoms with Gasteiger partial charge in [-0.25, -0.2) is 0 Å². The summed E-state index contributed by atoms with van der Waals surface area (Å²) < 4.78 is 47.0. The fourth-order valence-corrected chi connectivity index (χ4v) is 14.2. The van der Waals surface area contributed by atoms with E-state index in [1.165, 1.54) is 0 Å². The van der Waals surface area contributed by atoms with E-state index in [0.717, 1.165) is 0 Å². The standard InChI is InChI=1S/6O.Pb.2Ta. The van der Waals surface area contributed by atoms with Gasteiger partial charge in [0, 0.05) is 0 Å². The summed E-state index contributed by atoms with van der Waals surface area (Å²) in [7, 11) is 0. The summed E-state index contributed by atoms with van der Waals surface area (Å²) in [5, 5.41) is 0. The van der Waals surface area contributed by atoms with Crippen molar-refractivity contribution in [1.29, 1.82) is 0 Å². The van der Waals surface area contributed by atoms with Gasteiger partial charge >= 0.3 is 78.1 Å². The fraction of sp³-hybridized carbons (Fsp3) is 0. The van der Waals surface area contributed by atoms with Gasteiger partial charge in [0.2, 0.25) is 0 Å². The Balaban J connectivity index is 3.31.